The number of thioether (sulfide) groups is 1. The van der Waals surface area contributed by atoms with E-state index in [0.29, 0.717) is 17.5 Å². The molecule has 3 aromatic rings. The molecule has 0 bridgehead atoms. The largest absolute Gasteiger partial charge is 0.483 e. The first kappa shape index (κ1) is 23.6. The highest BCUT2D eigenvalue weighted by molar-refractivity contribution is 7.99. The van der Waals surface area contributed by atoms with Crippen LogP contribution in [-0.2, 0) is 17.8 Å². The Morgan fingerprint density at radius 1 is 1.22 bits per heavy atom. The van der Waals surface area contributed by atoms with Gasteiger partial charge in [0.1, 0.15) is 5.75 Å². The number of carbonyl (C=O) groups excluding carboxylic acids is 1. The molecule has 1 N–H and O–H groups in total. The second-order valence-electron chi connectivity index (χ2n) is 7.58. The first-order valence-electron chi connectivity index (χ1n) is 10.7. The van der Waals surface area contributed by atoms with E-state index in [1.54, 1.807) is 6.08 Å². The minimum absolute atomic E-state index is 0.0845. The summed E-state index contributed by atoms with van der Waals surface area (Å²) in [6.45, 7) is 12.5. The molecule has 7 heteroatoms. The monoisotopic (exact) mass is 450 g/mol. The maximum absolute atomic E-state index is 12.5. The van der Waals surface area contributed by atoms with E-state index in [1.165, 1.54) is 17.3 Å². The molecule has 1 atom stereocenters. The van der Waals surface area contributed by atoms with Gasteiger partial charge in [-0.15, -0.1) is 16.8 Å². The van der Waals surface area contributed by atoms with Crippen LogP contribution in [0.2, 0.25) is 0 Å². The zero-order chi connectivity index (χ0) is 23.1. The number of ether oxygens (including phenoxy) is 1. The van der Waals surface area contributed by atoms with Crippen molar-refractivity contribution in [3.8, 4) is 5.75 Å². The Bertz CT molecular complexity index is 1080. The fraction of sp³-hybridized carbons (Fsp3) is 0.320. The standard InChI is InChI=1S/C25H30N4O2S/c1-6-15-29-24(19(5)31-21-13-11-20(7-2)12-14-21)27-28-25(29)32-16-23(30)26-22-10-8-9-17(3)18(22)4/h6,8-14,19H,1,7,15-16H2,2-5H3,(H,26,30). The number of amides is 1. The molecule has 0 aliphatic heterocycles. The fourth-order valence-electron chi connectivity index (χ4n) is 3.27. The van der Waals surface area contributed by atoms with Crippen molar-refractivity contribution in [2.75, 3.05) is 11.1 Å². The second-order valence-corrected chi connectivity index (χ2v) is 8.52. The van der Waals surface area contributed by atoms with Crippen molar-refractivity contribution in [2.24, 2.45) is 0 Å². The quantitative estimate of drug-likeness (QED) is 0.326. The van der Waals surface area contributed by atoms with Crippen LogP contribution in [0.1, 0.15) is 42.5 Å². The highest BCUT2D eigenvalue weighted by atomic mass is 32.2. The third kappa shape index (κ3) is 5.79. The molecule has 0 spiro atoms. The molecule has 0 aliphatic rings. The summed E-state index contributed by atoms with van der Waals surface area (Å²) in [7, 11) is 0. The molecule has 1 heterocycles. The van der Waals surface area contributed by atoms with Crippen LogP contribution in [0.5, 0.6) is 5.75 Å². The lowest BCUT2D eigenvalue weighted by atomic mass is 10.1. The number of anilines is 1. The zero-order valence-corrected chi connectivity index (χ0v) is 19.9. The summed E-state index contributed by atoms with van der Waals surface area (Å²) in [6.07, 6.45) is 2.48. The average Bonchev–Trinajstić information content (AvgIpc) is 3.19. The summed E-state index contributed by atoms with van der Waals surface area (Å²) >= 11 is 1.35. The third-order valence-electron chi connectivity index (χ3n) is 5.28. The van der Waals surface area contributed by atoms with E-state index in [1.807, 2.05) is 55.7 Å². The summed E-state index contributed by atoms with van der Waals surface area (Å²) in [5.74, 6) is 1.63. The Kier molecular flexibility index (Phi) is 8.11. The van der Waals surface area contributed by atoms with Crippen LogP contribution in [0, 0.1) is 13.8 Å². The second kappa shape index (κ2) is 11.0. The Morgan fingerprint density at radius 3 is 2.66 bits per heavy atom. The number of benzene rings is 2. The van der Waals surface area contributed by atoms with Crippen molar-refractivity contribution in [3.63, 3.8) is 0 Å². The van der Waals surface area contributed by atoms with Gasteiger partial charge in [-0.05, 0) is 62.1 Å². The highest BCUT2D eigenvalue weighted by Crippen LogP contribution is 2.25. The Morgan fingerprint density at radius 2 is 1.97 bits per heavy atom. The molecule has 1 amide bonds. The van der Waals surface area contributed by atoms with Gasteiger partial charge in [-0.25, -0.2) is 0 Å². The van der Waals surface area contributed by atoms with Crippen LogP contribution in [0.25, 0.3) is 0 Å². The maximum Gasteiger partial charge on any atom is 0.234 e. The molecule has 0 radical (unpaired) electrons. The lowest BCUT2D eigenvalue weighted by molar-refractivity contribution is -0.113. The molecule has 0 aliphatic carbocycles. The summed E-state index contributed by atoms with van der Waals surface area (Å²) in [5.41, 5.74) is 4.31. The molecule has 1 unspecified atom stereocenters. The predicted molar refractivity (Wildman–Crippen MR) is 130 cm³/mol. The number of carbonyl (C=O) groups is 1. The minimum atomic E-state index is -0.298. The number of hydrogen-bond acceptors (Lipinski definition) is 5. The van der Waals surface area contributed by atoms with E-state index in [-0.39, 0.29) is 17.8 Å². The first-order valence-corrected chi connectivity index (χ1v) is 11.7. The van der Waals surface area contributed by atoms with Crippen molar-refractivity contribution in [1.29, 1.82) is 0 Å². The fourth-order valence-corrected chi connectivity index (χ4v) is 4.03. The van der Waals surface area contributed by atoms with Gasteiger partial charge in [-0.2, -0.15) is 0 Å². The van der Waals surface area contributed by atoms with Crippen molar-refractivity contribution in [1.82, 2.24) is 14.8 Å². The van der Waals surface area contributed by atoms with Crippen molar-refractivity contribution >= 4 is 23.4 Å². The van der Waals surface area contributed by atoms with E-state index in [9.17, 15) is 4.79 Å². The minimum Gasteiger partial charge on any atom is -0.483 e. The van der Waals surface area contributed by atoms with Gasteiger partial charge < -0.3 is 10.1 Å². The molecule has 168 valence electrons. The van der Waals surface area contributed by atoms with E-state index < -0.39 is 0 Å². The summed E-state index contributed by atoms with van der Waals surface area (Å²) in [4.78, 5) is 12.5. The molecule has 0 fully saturated rings. The topological polar surface area (TPSA) is 69.0 Å². The van der Waals surface area contributed by atoms with Crippen molar-refractivity contribution in [2.45, 2.75) is 51.9 Å². The van der Waals surface area contributed by atoms with Gasteiger partial charge >= 0.3 is 0 Å². The first-order chi connectivity index (χ1) is 15.4. The molecule has 3 rings (SSSR count). The Balaban J connectivity index is 1.67. The lowest BCUT2D eigenvalue weighted by Crippen LogP contribution is -2.16. The molecular weight excluding hydrogens is 420 g/mol. The summed E-state index contributed by atoms with van der Waals surface area (Å²) in [5, 5.41) is 12.3. The molecular formula is C25H30N4O2S. The SMILES string of the molecule is C=CCn1c(SCC(=O)Nc2cccc(C)c2C)nnc1C(C)Oc1ccc(CC)cc1. The van der Waals surface area contributed by atoms with E-state index in [0.717, 1.165) is 29.0 Å². The molecule has 0 saturated carbocycles. The normalized spacial score (nSPS) is 11.8. The van der Waals surface area contributed by atoms with Crippen LogP contribution in [0.4, 0.5) is 5.69 Å². The average molecular weight is 451 g/mol. The van der Waals surface area contributed by atoms with Gasteiger partial charge in [0.05, 0.1) is 5.75 Å². The lowest BCUT2D eigenvalue weighted by Gasteiger charge is -2.16. The number of rotatable bonds is 10. The smallest absolute Gasteiger partial charge is 0.234 e. The van der Waals surface area contributed by atoms with Crippen LogP contribution in [-0.4, -0.2) is 26.4 Å². The van der Waals surface area contributed by atoms with Crippen LogP contribution >= 0.6 is 11.8 Å². The van der Waals surface area contributed by atoms with E-state index in [2.05, 4.69) is 41.1 Å². The number of hydrogen-bond donors (Lipinski definition) is 1. The molecule has 2 aromatic carbocycles. The summed E-state index contributed by atoms with van der Waals surface area (Å²) < 4.78 is 8.02. The number of nitrogens with zero attached hydrogens (tertiary/aromatic N) is 3. The predicted octanol–water partition coefficient (Wildman–Crippen LogP) is 5.51. The molecule has 0 saturated heterocycles. The van der Waals surface area contributed by atoms with Gasteiger partial charge in [0.15, 0.2) is 17.1 Å². The Labute approximate surface area is 194 Å². The van der Waals surface area contributed by atoms with Crippen LogP contribution in [0.3, 0.4) is 0 Å². The highest BCUT2D eigenvalue weighted by Gasteiger charge is 2.20. The van der Waals surface area contributed by atoms with Crippen LogP contribution < -0.4 is 10.1 Å². The molecule has 1 aromatic heterocycles. The molecule has 6 nitrogen and oxygen atoms in total. The zero-order valence-electron chi connectivity index (χ0n) is 19.1. The number of aromatic nitrogens is 3. The molecule has 32 heavy (non-hydrogen) atoms. The van der Waals surface area contributed by atoms with Gasteiger partial charge in [0.25, 0.3) is 0 Å². The third-order valence-corrected chi connectivity index (χ3v) is 6.24. The Hall–Kier alpha value is -3.06. The van der Waals surface area contributed by atoms with E-state index >= 15 is 0 Å². The maximum atomic E-state index is 12.5. The van der Waals surface area contributed by atoms with Gasteiger partial charge in [-0.3, -0.25) is 9.36 Å². The number of nitrogens with one attached hydrogen (secondary N) is 1. The number of aryl methyl sites for hydroxylation is 2. The van der Waals surface area contributed by atoms with Crippen molar-refractivity contribution in [3.05, 3.63) is 77.6 Å². The van der Waals surface area contributed by atoms with Crippen molar-refractivity contribution < 1.29 is 9.53 Å². The van der Waals surface area contributed by atoms with Gasteiger partial charge in [-0.1, -0.05) is 49.0 Å². The summed E-state index contributed by atoms with van der Waals surface area (Å²) in [6, 6.07) is 13.9. The number of allylic oxidation sites excluding steroid dienone is 1. The van der Waals surface area contributed by atoms with Gasteiger partial charge in [0.2, 0.25) is 5.91 Å². The van der Waals surface area contributed by atoms with Crippen LogP contribution in [0.15, 0.2) is 60.3 Å². The van der Waals surface area contributed by atoms with E-state index in [4.69, 9.17) is 4.74 Å². The van der Waals surface area contributed by atoms with Gasteiger partial charge in [0, 0.05) is 12.2 Å².